The van der Waals surface area contributed by atoms with E-state index in [2.05, 4.69) is 28.1 Å². The predicted molar refractivity (Wildman–Crippen MR) is 142 cm³/mol. The molecule has 3 amide bonds. The van der Waals surface area contributed by atoms with Crippen LogP contribution in [0.4, 0.5) is 5.69 Å². The quantitative estimate of drug-likeness (QED) is 0.141. The molecular weight excluding hydrogens is 579 g/mol. The molecule has 0 aliphatic rings. The van der Waals surface area contributed by atoms with Gasteiger partial charge in [0.25, 0.3) is 5.91 Å². The molecule has 0 aliphatic heterocycles. The summed E-state index contributed by atoms with van der Waals surface area (Å²) in [5, 5.41) is 9.03. The molecular formula is C25H25IN4O6. The van der Waals surface area contributed by atoms with Gasteiger partial charge in [0, 0.05) is 5.69 Å². The topological polar surface area (TPSA) is 131 Å². The number of methoxy groups -OCH3 is 1. The van der Waals surface area contributed by atoms with Crippen LogP contribution in [0.15, 0.2) is 64.3 Å². The number of furan rings is 1. The third-order valence-electron chi connectivity index (χ3n) is 4.83. The van der Waals surface area contributed by atoms with Crippen molar-refractivity contribution in [2.75, 3.05) is 19.0 Å². The van der Waals surface area contributed by atoms with Crippen LogP contribution in [0, 0.1) is 3.57 Å². The maximum Gasteiger partial charge on any atom is 0.329 e. The lowest BCUT2D eigenvalue weighted by molar-refractivity contribution is -0.139. The number of rotatable bonds is 10. The van der Waals surface area contributed by atoms with Crippen molar-refractivity contribution in [1.82, 2.24) is 10.7 Å². The number of hydrazone groups is 1. The fraction of sp³-hybridized carbons (Fsp3) is 0.200. The largest absolute Gasteiger partial charge is 0.493 e. The maximum absolute atomic E-state index is 12.3. The van der Waals surface area contributed by atoms with Gasteiger partial charge in [-0.25, -0.2) is 5.43 Å². The summed E-state index contributed by atoms with van der Waals surface area (Å²) >= 11 is 2.05. The Kier molecular flexibility index (Phi) is 9.86. The first-order chi connectivity index (χ1) is 17.4. The Morgan fingerprint density at radius 1 is 1.11 bits per heavy atom. The molecule has 1 heterocycles. The SMILES string of the molecule is CCc1ccc(NC(=O)COc2c(I)cc(/C=N\NC(=O)C(=O)NCc3ccco3)cc2OC)cc1. The lowest BCUT2D eigenvalue weighted by atomic mass is 10.1. The normalized spacial score (nSPS) is 10.6. The lowest BCUT2D eigenvalue weighted by Crippen LogP contribution is -2.37. The molecule has 10 nitrogen and oxygen atoms in total. The minimum absolute atomic E-state index is 0.0863. The van der Waals surface area contributed by atoms with Crippen LogP contribution in [-0.2, 0) is 27.3 Å². The number of carbonyl (C=O) groups excluding carboxylic acids is 3. The highest BCUT2D eigenvalue weighted by atomic mass is 127. The summed E-state index contributed by atoms with van der Waals surface area (Å²) in [5.74, 6) is -0.782. The van der Waals surface area contributed by atoms with Gasteiger partial charge in [-0.3, -0.25) is 14.4 Å². The summed E-state index contributed by atoms with van der Waals surface area (Å²) < 4.78 is 16.8. The second-order valence-corrected chi connectivity index (χ2v) is 8.54. The van der Waals surface area contributed by atoms with E-state index in [4.69, 9.17) is 13.9 Å². The first kappa shape index (κ1) is 26.7. The van der Waals surface area contributed by atoms with E-state index in [0.717, 1.165) is 6.42 Å². The fourth-order valence-electron chi connectivity index (χ4n) is 2.99. The summed E-state index contributed by atoms with van der Waals surface area (Å²) in [7, 11) is 1.47. The molecule has 0 saturated heterocycles. The van der Waals surface area contributed by atoms with E-state index in [-0.39, 0.29) is 19.1 Å². The van der Waals surface area contributed by atoms with E-state index in [9.17, 15) is 14.4 Å². The number of amides is 3. The Balaban J connectivity index is 1.54. The van der Waals surface area contributed by atoms with Crippen molar-refractivity contribution in [3.8, 4) is 11.5 Å². The van der Waals surface area contributed by atoms with Crippen molar-refractivity contribution >= 4 is 52.2 Å². The smallest absolute Gasteiger partial charge is 0.329 e. The monoisotopic (exact) mass is 604 g/mol. The average Bonchev–Trinajstić information content (AvgIpc) is 3.40. The molecule has 0 bridgehead atoms. The number of nitrogens with one attached hydrogen (secondary N) is 3. The van der Waals surface area contributed by atoms with Crippen molar-refractivity contribution < 1.29 is 28.3 Å². The number of hydrogen-bond donors (Lipinski definition) is 3. The van der Waals surface area contributed by atoms with E-state index in [1.807, 2.05) is 46.9 Å². The second-order valence-electron chi connectivity index (χ2n) is 7.38. The Morgan fingerprint density at radius 2 is 1.89 bits per heavy atom. The summed E-state index contributed by atoms with van der Waals surface area (Å²) in [5.41, 5.74) is 4.61. The van der Waals surface area contributed by atoms with Gasteiger partial charge < -0.3 is 24.5 Å². The third kappa shape index (κ3) is 7.83. The molecule has 0 aliphatic carbocycles. The Labute approximate surface area is 221 Å². The molecule has 3 rings (SSSR count). The number of nitrogens with zero attached hydrogens (tertiary/aromatic N) is 1. The van der Waals surface area contributed by atoms with E-state index < -0.39 is 11.8 Å². The molecule has 0 atom stereocenters. The molecule has 11 heteroatoms. The van der Waals surface area contributed by atoms with Crippen LogP contribution in [0.2, 0.25) is 0 Å². The van der Waals surface area contributed by atoms with Gasteiger partial charge in [-0.1, -0.05) is 19.1 Å². The van der Waals surface area contributed by atoms with Gasteiger partial charge in [0.1, 0.15) is 5.76 Å². The standard InChI is InChI=1S/C25H25IN4O6/c1-3-16-6-8-18(9-7-16)29-22(31)15-36-23-20(26)11-17(12-21(23)34-2)13-28-30-25(33)24(32)27-14-19-5-4-10-35-19/h4-13H,3,14-15H2,1-2H3,(H,27,32)(H,29,31)(H,30,33)/b28-13-. The fourth-order valence-corrected chi connectivity index (χ4v) is 3.77. The highest BCUT2D eigenvalue weighted by Crippen LogP contribution is 2.33. The molecule has 3 N–H and O–H groups in total. The summed E-state index contributed by atoms with van der Waals surface area (Å²) in [6, 6.07) is 14.3. The molecule has 3 aromatic rings. The minimum atomic E-state index is -0.922. The summed E-state index contributed by atoms with van der Waals surface area (Å²) in [4.78, 5) is 36.1. The van der Waals surface area contributed by atoms with E-state index >= 15 is 0 Å². The number of ether oxygens (including phenoxy) is 2. The van der Waals surface area contributed by atoms with Crippen LogP contribution >= 0.6 is 22.6 Å². The highest BCUT2D eigenvalue weighted by Gasteiger charge is 2.15. The zero-order valence-electron chi connectivity index (χ0n) is 19.7. The van der Waals surface area contributed by atoms with Crippen LogP contribution in [0.1, 0.15) is 23.8 Å². The van der Waals surface area contributed by atoms with E-state index in [1.54, 1.807) is 24.3 Å². The first-order valence-electron chi connectivity index (χ1n) is 10.9. The van der Waals surface area contributed by atoms with Gasteiger partial charge in [-0.2, -0.15) is 5.10 Å². The average molecular weight is 604 g/mol. The molecule has 2 aromatic carbocycles. The number of benzene rings is 2. The zero-order chi connectivity index (χ0) is 25.9. The van der Waals surface area contributed by atoms with Gasteiger partial charge in [-0.15, -0.1) is 0 Å². The summed E-state index contributed by atoms with van der Waals surface area (Å²) in [6.45, 7) is 1.94. The molecule has 188 valence electrons. The van der Waals surface area contributed by atoms with E-state index in [1.165, 1.54) is 25.2 Å². The van der Waals surface area contributed by atoms with Gasteiger partial charge >= 0.3 is 11.8 Å². The predicted octanol–water partition coefficient (Wildman–Crippen LogP) is 3.24. The molecule has 0 saturated carbocycles. The van der Waals surface area contributed by atoms with Gasteiger partial charge in [0.2, 0.25) is 0 Å². The van der Waals surface area contributed by atoms with Crippen molar-refractivity contribution in [3.05, 3.63) is 75.3 Å². The number of aryl methyl sites for hydroxylation is 1. The van der Waals surface area contributed by atoms with Crippen molar-refractivity contribution in [2.45, 2.75) is 19.9 Å². The van der Waals surface area contributed by atoms with Gasteiger partial charge in [0.15, 0.2) is 18.1 Å². The maximum atomic E-state index is 12.3. The Bertz CT molecular complexity index is 1230. The van der Waals surface area contributed by atoms with Crippen LogP contribution < -0.4 is 25.5 Å². The van der Waals surface area contributed by atoms with Gasteiger partial charge in [0.05, 0.1) is 29.7 Å². The van der Waals surface area contributed by atoms with Crippen LogP contribution in [0.3, 0.4) is 0 Å². The van der Waals surface area contributed by atoms with Crippen molar-refractivity contribution in [2.24, 2.45) is 5.10 Å². The zero-order valence-corrected chi connectivity index (χ0v) is 21.8. The molecule has 0 unspecified atom stereocenters. The van der Waals surface area contributed by atoms with Crippen molar-refractivity contribution in [3.63, 3.8) is 0 Å². The van der Waals surface area contributed by atoms with Crippen LogP contribution in [0.25, 0.3) is 0 Å². The third-order valence-corrected chi connectivity index (χ3v) is 5.64. The summed E-state index contributed by atoms with van der Waals surface area (Å²) in [6.07, 6.45) is 3.75. The van der Waals surface area contributed by atoms with E-state index in [0.29, 0.717) is 32.1 Å². The highest BCUT2D eigenvalue weighted by molar-refractivity contribution is 14.1. The molecule has 1 aromatic heterocycles. The lowest BCUT2D eigenvalue weighted by Gasteiger charge is -2.13. The molecule has 36 heavy (non-hydrogen) atoms. The minimum Gasteiger partial charge on any atom is -0.493 e. The molecule has 0 radical (unpaired) electrons. The van der Waals surface area contributed by atoms with Crippen LogP contribution in [-0.4, -0.2) is 37.7 Å². The number of hydrogen-bond acceptors (Lipinski definition) is 7. The first-order valence-corrected chi connectivity index (χ1v) is 12.0. The van der Waals surface area contributed by atoms with Gasteiger partial charge in [-0.05, 0) is 76.5 Å². The second kappa shape index (κ2) is 13.3. The Morgan fingerprint density at radius 3 is 2.56 bits per heavy atom. The van der Waals surface area contributed by atoms with Crippen LogP contribution in [0.5, 0.6) is 11.5 Å². The number of halogens is 1. The number of anilines is 1. The molecule has 0 fully saturated rings. The number of carbonyl (C=O) groups is 3. The van der Waals surface area contributed by atoms with Crippen molar-refractivity contribution in [1.29, 1.82) is 0 Å². The molecule has 0 spiro atoms. The Hall–Kier alpha value is -3.87.